The lowest BCUT2D eigenvalue weighted by Gasteiger charge is -1.93. The van der Waals surface area contributed by atoms with Gasteiger partial charge in [-0.05, 0) is 0 Å². The first-order valence-electron chi connectivity index (χ1n) is 2.03. The predicted octanol–water partition coefficient (Wildman–Crippen LogP) is 1.38. The van der Waals surface area contributed by atoms with E-state index < -0.39 is 0 Å². The van der Waals surface area contributed by atoms with E-state index in [2.05, 4.69) is 0 Å². The second-order valence-electron chi connectivity index (χ2n) is 1.57. The number of hydrogen-bond donors (Lipinski definition) is 1. The Labute approximate surface area is 47.1 Å². The normalized spacial score (nSPS) is 9.71. The van der Waals surface area contributed by atoms with Crippen LogP contribution in [0.5, 0.6) is 0 Å². The molecule has 2 nitrogen and oxygen atoms in total. The first-order chi connectivity index (χ1) is 3.18. The van der Waals surface area contributed by atoms with Crippen molar-refractivity contribution in [2.24, 2.45) is 5.92 Å². The highest BCUT2D eigenvalue weighted by atomic mass is 32.2. The fraction of sp³-hybridized carbons (Fsp3) is 0.750. The van der Waals surface area contributed by atoms with E-state index in [1.807, 2.05) is 0 Å². The Balaban J connectivity index is 3.35. The van der Waals surface area contributed by atoms with Crippen molar-refractivity contribution in [2.75, 3.05) is 0 Å². The summed E-state index contributed by atoms with van der Waals surface area (Å²) in [5, 5.41) is -0.181. The Morgan fingerprint density at radius 3 is 2.14 bits per heavy atom. The fourth-order valence-electron chi connectivity index (χ4n) is 0.105. The average Bonchev–Trinajstić information content (AvgIpc) is 1.65. The van der Waals surface area contributed by atoms with E-state index in [0.717, 1.165) is 0 Å². The van der Waals surface area contributed by atoms with Gasteiger partial charge in [-0.25, -0.2) is 0 Å². The molecule has 0 saturated carbocycles. The maximum Gasteiger partial charge on any atom is 0.217 e. The lowest BCUT2D eigenvalue weighted by molar-refractivity contribution is -0.113. The van der Waals surface area contributed by atoms with E-state index >= 15 is 0 Å². The van der Waals surface area contributed by atoms with Gasteiger partial charge in [0.1, 0.15) is 0 Å². The minimum atomic E-state index is -0.181. The highest BCUT2D eigenvalue weighted by Gasteiger charge is 2.04. The summed E-state index contributed by atoms with van der Waals surface area (Å²) >= 11 is 0.294. The van der Waals surface area contributed by atoms with Crippen molar-refractivity contribution in [3.8, 4) is 0 Å². The van der Waals surface area contributed by atoms with Gasteiger partial charge in [-0.2, -0.15) is 0 Å². The summed E-state index contributed by atoms with van der Waals surface area (Å²) < 4.78 is 8.07. The van der Waals surface area contributed by atoms with Gasteiger partial charge in [-0.1, -0.05) is 13.8 Å². The minimum Gasteiger partial charge on any atom is -0.323 e. The van der Waals surface area contributed by atoms with Crippen LogP contribution in [-0.4, -0.2) is 9.67 Å². The molecule has 0 spiro atoms. The van der Waals surface area contributed by atoms with Crippen LogP contribution in [0, 0.1) is 5.92 Å². The third kappa shape index (κ3) is 2.65. The molecule has 0 aliphatic rings. The van der Waals surface area contributed by atoms with E-state index in [1.54, 1.807) is 13.8 Å². The van der Waals surface area contributed by atoms with E-state index in [1.165, 1.54) is 0 Å². The van der Waals surface area contributed by atoms with Gasteiger partial charge in [0.15, 0.2) is 0 Å². The Morgan fingerprint density at radius 1 is 1.71 bits per heavy atom. The monoisotopic (exact) mass is 120 g/mol. The molecule has 0 unspecified atom stereocenters. The molecule has 0 bridgehead atoms. The van der Waals surface area contributed by atoms with Crippen LogP contribution in [0.2, 0.25) is 0 Å². The fourth-order valence-corrected chi connectivity index (χ4v) is 0.316. The molecule has 0 heterocycles. The zero-order valence-corrected chi connectivity index (χ0v) is 5.16. The Bertz CT molecular complexity index is 70.1. The molecular weight excluding hydrogens is 112 g/mol. The smallest absolute Gasteiger partial charge is 0.217 e. The van der Waals surface area contributed by atoms with Crippen LogP contribution in [0.3, 0.4) is 0 Å². The highest BCUT2D eigenvalue weighted by molar-refractivity contribution is 8.08. The summed E-state index contributed by atoms with van der Waals surface area (Å²) in [6.07, 6.45) is 0. The van der Waals surface area contributed by atoms with Crippen molar-refractivity contribution < 1.29 is 9.35 Å². The van der Waals surface area contributed by atoms with Crippen molar-refractivity contribution in [1.82, 2.24) is 0 Å². The molecule has 42 valence electrons. The van der Waals surface area contributed by atoms with Gasteiger partial charge < -0.3 is 4.55 Å². The van der Waals surface area contributed by atoms with Crippen molar-refractivity contribution in [1.29, 1.82) is 0 Å². The molecule has 1 N–H and O–H groups in total. The number of rotatable bonds is 1. The molecule has 3 heteroatoms. The molecule has 0 aromatic rings. The lowest BCUT2D eigenvalue weighted by atomic mass is 10.3. The van der Waals surface area contributed by atoms with Crippen molar-refractivity contribution in [3.63, 3.8) is 0 Å². The quantitative estimate of drug-likeness (QED) is 0.531. The molecule has 0 aliphatic carbocycles. The maximum atomic E-state index is 10.2. The first-order valence-corrected chi connectivity index (χ1v) is 2.81. The number of carbonyl (C=O) groups excluding carboxylic acids is 1. The van der Waals surface area contributed by atoms with Gasteiger partial charge in [0, 0.05) is 5.92 Å². The summed E-state index contributed by atoms with van der Waals surface area (Å²) in [5.74, 6) is -0.0602. The van der Waals surface area contributed by atoms with Gasteiger partial charge in [-0.3, -0.25) is 4.79 Å². The van der Waals surface area contributed by atoms with Crippen molar-refractivity contribution in [2.45, 2.75) is 13.8 Å². The van der Waals surface area contributed by atoms with Crippen LogP contribution in [0.25, 0.3) is 0 Å². The Hall–Kier alpha value is -0.0200. The number of carbonyl (C=O) groups is 1. The van der Waals surface area contributed by atoms with E-state index in [4.69, 9.17) is 4.55 Å². The van der Waals surface area contributed by atoms with Crippen molar-refractivity contribution in [3.05, 3.63) is 0 Å². The third-order valence-corrected chi connectivity index (χ3v) is 1.21. The topological polar surface area (TPSA) is 37.3 Å². The summed E-state index contributed by atoms with van der Waals surface area (Å²) in [6, 6.07) is 0. The molecule has 0 amide bonds. The largest absolute Gasteiger partial charge is 0.323 e. The summed E-state index contributed by atoms with van der Waals surface area (Å²) in [5.41, 5.74) is 0. The molecule has 0 aromatic carbocycles. The SMILES string of the molecule is CC(C)C(=O)SO. The summed E-state index contributed by atoms with van der Waals surface area (Å²) in [6.45, 7) is 3.48. The van der Waals surface area contributed by atoms with Crippen LogP contribution in [0.1, 0.15) is 13.8 Å². The zero-order chi connectivity index (χ0) is 5.86. The van der Waals surface area contributed by atoms with Gasteiger partial charge in [0.2, 0.25) is 5.12 Å². The molecule has 0 rings (SSSR count). The van der Waals surface area contributed by atoms with Crippen LogP contribution < -0.4 is 0 Å². The average molecular weight is 120 g/mol. The highest BCUT2D eigenvalue weighted by Crippen LogP contribution is 2.03. The molecule has 0 aliphatic heterocycles. The van der Waals surface area contributed by atoms with Gasteiger partial charge in [0.25, 0.3) is 0 Å². The van der Waals surface area contributed by atoms with E-state index in [9.17, 15) is 4.79 Å². The van der Waals surface area contributed by atoms with E-state index in [-0.39, 0.29) is 11.0 Å². The van der Waals surface area contributed by atoms with Crippen LogP contribution in [0.4, 0.5) is 0 Å². The van der Waals surface area contributed by atoms with Crippen LogP contribution >= 0.6 is 12.0 Å². The predicted molar refractivity (Wildman–Crippen MR) is 30.1 cm³/mol. The summed E-state index contributed by atoms with van der Waals surface area (Å²) in [4.78, 5) is 10.2. The Kier molecular flexibility index (Phi) is 3.04. The van der Waals surface area contributed by atoms with Gasteiger partial charge in [0.05, 0.1) is 12.0 Å². The molecule has 0 radical (unpaired) electrons. The molecule has 0 fully saturated rings. The minimum absolute atomic E-state index is 0.0602. The molecule has 0 atom stereocenters. The first kappa shape index (κ1) is 6.98. The number of hydrogen-bond acceptors (Lipinski definition) is 3. The maximum absolute atomic E-state index is 10.2. The zero-order valence-electron chi connectivity index (χ0n) is 4.34. The van der Waals surface area contributed by atoms with Crippen LogP contribution in [0.15, 0.2) is 0 Å². The summed E-state index contributed by atoms with van der Waals surface area (Å²) in [7, 11) is 0. The van der Waals surface area contributed by atoms with Gasteiger partial charge in [-0.15, -0.1) is 0 Å². The Morgan fingerprint density at radius 2 is 2.14 bits per heavy atom. The third-order valence-electron chi connectivity index (χ3n) is 0.561. The molecule has 0 aromatic heterocycles. The van der Waals surface area contributed by atoms with Crippen LogP contribution in [-0.2, 0) is 4.79 Å². The van der Waals surface area contributed by atoms with Crippen molar-refractivity contribution >= 4 is 17.2 Å². The van der Waals surface area contributed by atoms with Gasteiger partial charge >= 0.3 is 0 Å². The van der Waals surface area contributed by atoms with E-state index in [0.29, 0.717) is 12.0 Å². The second kappa shape index (κ2) is 3.04. The molecular formula is C4H8O2S. The molecule has 0 saturated heterocycles. The standard InChI is InChI=1S/C4H8O2S/c1-3(2)4(5)7-6/h3,6H,1-2H3. The molecule has 7 heavy (non-hydrogen) atoms. The lowest BCUT2D eigenvalue weighted by Crippen LogP contribution is -1.99. The second-order valence-corrected chi connectivity index (χ2v) is 2.15.